The van der Waals surface area contributed by atoms with Gasteiger partial charge < -0.3 is 19.1 Å². The number of ether oxygens (including phenoxy) is 3. The average Bonchev–Trinajstić information content (AvgIpc) is 3.31. The molecule has 1 amide bonds. The molecule has 3 aliphatic rings. The number of piperidine rings is 1. The molecule has 2 heterocycles. The van der Waals surface area contributed by atoms with Crippen molar-refractivity contribution in [2.45, 2.75) is 32.0 Å². The van der Waals surface area contributed by atoms with Crippen molar-refractivity contribution in [2.24, 2.45) is 11.8 Å². The first-order valence-electron chi connectivity index (χ1n) is 9.05. The second-order valence-corrected chi connectivity index (χ2v) is 7.02. The van der Waals surface area contributed by atoms with Gasteiger partial charge in [0.1, 0.15) is 5.75 Å². The van der Waals surface area contributed by atoms with Gasteiger partial charge in [-0.2, -0.15) is 0 Å². The number of carbonyl (C=O) groups is 1. The van der Waals surface area contributed by atoms with Crippen LogP contribution in [-0.2, 0) is 9.47 Å². The number of benzene rings is 1. The van der Waals surface area contributed by atoms with Gasteiger partial charge in [-0.1, -0.05) is 0 Å². The number of carbonyl (C=O) groups excluding carboxylic acids is 1. The third-order valence-corrected chi connectivity index (χ3v) is 5.14. The SMILES string of the molecule is O=C(c1ccc(OCC2CC2)cc1)N1CCC(C2OCCO2)CC1. The minimum absolute atomic E-state index is 0.0647. The van der Waals surface area contributed by atoms with Crippen molar-refractivity contribution in [3.8, 4) is 5.75 Å². The maximum absolute atomic E-state index is 12.6. The second-order valence-electron chi connectivity index (χ2n) is 7.02. The van der Waals surface area contributed by atoms with Crippen LogP contribution in [0.2, 0.25) is 0 Å². The molecular formula is C19H25NO4. The second kappa shape index (κ2) is 7.11. The summed E-state index contributed by atoms with van der Waals surface area (Å²) in [5.41, 5.74) is 0.737. The van der Waals surface area contributed by atoms with Crippen LogP contribution in [0.1, 0.15) is 36.0 Å². The van der Waals surface area contributed by atoms with Gasteiger partial charge in [0.15, 0.2) is 6.29 Å². The van der Waals surface area contributed by atoms with E-state index in [1.807, 2.05) is 29.2 Å². The van der Waals surface area contributed by atoms with Crippen LogP contribution < -0.4 is 4.74 Å². The average molecular weight is 331 g/mol. The zero-order valence-electron chi connectivity index (χ0n) is 14.0. The fourth-order valence-electron chi connectivity index (χ4n) is 3.40. The summed E-state index contributed by atoms with van der Waals surface area (Å²) in [5.74, 6) is 2.11. The lowest BCUT2D eigenvalue weighted by atomic mass is 9.95. The fraction of sp³-hybridized carbons (Fsp3) is 0.632. The van der Waals surface area contributed by atoms with E-state index in [1.54, 1.807) is 0 Å². The summed E-state index contributed by atoms with van der Waals surface area (Å²) >= 11 is 0. The fourth-order valence-corrected chi connectivity index (χ4v) is 3.40. The molecule has 0 radical (unpaired) electrons. The third kappa shape index (κ3) is 3.73. The van der Waals surface area contributed by atoms with E-state index in [1.165, 1.54) is 12.8 Å². The van der Waals surface area contributed by atoms with Crippen LogP contribution in [0.3, 0.4) is 0 Å². The van der Waals surface area contributed by atoms with E-state index in [0.717, 1.165) is 49.8 Å². The summed E-state index contributed by atoms with van der Waals surface area (Å²) in [4.78, 5) is 14.6. The Morgan fingerprint density at radius 1 is 1.04 bits per heavy atom. The van der Waals surface area contributed by atoms with Crippen molar-refractivity contribution >= 4 is 5.91 Å². The van der Waals surface area contributed by atoms with E-state index in [9.17, 15) is 4.79 Å². The van der Waals surface area contributed by atoms with Gasteiger partial charge in [-0.3, -0.25) is 4.79 Å². The Bertz CT molecular complexity index is 555. The number of likely N-dealkylation sites (tertiary alicyclic amines) is 1. The van der Waals surface area contributed by atoms with Crippen molar-refractivity contribution in [1.82, 2.24) is 4.90 Å². The number of hydrogen-bond acceptors (Lipinski definition) is 4. The van der Waals surface area contributed by atoms with Crippen molar-refractivity contribution < 1.29 is 19.0 Å². The number of nitrogens with zero attached hydrogens (tertiary/aromatic N) is 1. The first-order chi connectivity index (χ1) is 11.8. The normalized spacial score (nSPS) is 22.8. The molecule has 0 atom stereocenters. The van der Waals surface area contributed by atoms with Gasteiger partial charge >= 0.3 is 0 Å². The van der Waals surface area contributed by atoms with E-state index < -0.39 is 0 Å². The monoisotopic (exact) mass is 331 g/mol. The summed E-state index contributed by atoms with van der Waals surface area (Å²) in [6.45, 7) is 3.73. The molecule has 0 aromatic heterocycles. The molecule has 1 aromatic carbocycles. The largest absolute Gasteiger partial charge is 0.493 e. The molecule has 3 fully saturated rings. The van der Waals surface area contributed by atoms with Crippen molar-refractivity contribution in [3.05, 3.63) is 29.8 Å². The first-order valence-corrected chi connectivity index (χ1v) is 9.05. The summed E-state index contributed by atoms with van der Waals surface area (Å²) < 4.78 is 16.9. The summed E-state index contributed by atoms with van der Waals surface area (Å²) in [5, 5.41) is 0. The highest BCUT2D eigenvalue weighted by atomic mass is 16.7. The lowest BCUT2D eigenvalue weighted by Gasteiger charge is -2.33. The Kier molecular flexibility index (Phi) is 4.72. The van der Waals surface area contributed by atoms with E-state index in [2.05, 4.69) is 0 Å². The number of rotatable bonds is 5. The molecule has 2 aliphatic heterocycles. The van der Waals surface area contributed by atoms with Crippen LogP contribution in [0.4, 0.5) is 0 Å². The molecule has 24 heavy (non-hydrogen) atoms. The summed E-state index contributed by atoms with van der Waals surface area (Å²) in [7, 11) is 0. The molecular weight excluding hydrogens is 306 g/mol. The third-order valence-electron chi connectivity index (χ3n) is 5.14. The highest BCUT2D eigenvalue weighted by Gasteiger charge is 2.32. The molecule has 0 N–H and O–H groups in total. The van der Waals surface area contributed by atoms with Crippen LogP contribution >= 0.6 is 0 Å². The van der Waals surface area contributed by atoms with E-state index in [0.29, 0.717) is 19.1 Å². The minimum atomic E-state index is -0.0647. The van der Waals surface area contributed by atoms with Gasteiger partial charge in [0.05, 0.1) is 19.8 Å². The zero-order valence-corrected chi connectivity index (χ0v) is 14.0. The van der Waals surface area contributed by atoms with Gasteiger partial charge in [0.2, 0.25) is 0 Å². The van der Waals surface area contributed by atoms with Crippen molar-refractivity contribution in [2.75, 3.05) is 32.9 Å². The lowest BCUT2D eigenvalue weighted by Crippen LogP contribution is -2.41. The van der Waals surface area contributed by atoms with Crippen LogP contribution in [-0.4, -0.2) is 50.0 Å². The lowest BCUT2D eigenvalue weighted by molar-refractivity contribution is -0.0956. The van der Waals surface area contributed by atoms with E-state index >= 15 is 0 Å². The van der Waals surface area contributed by atoms with Gasteiger partial charge in [0.25, 0.3) is 5.91 Å². The standard InChI is InChI=1S/C19H25NO4/c21-18(15-3-5-17(6-4-15)24-13-14-1-2-14)20-9-7-16(8-10-20)19-22-11-12-23-19/h3-6,14,16,19H,1-2,7-13H2. The maximum atomic E-state index is 12.6. The van der Waals surface area contributed by atoms with Gasteiger partial charge in [0, 0.05) is 24.6 Å². The smallest absolute Gasteiger partial charge is 0.253 e. The molecule has 1 aliphatic carbocycles. The Labute approximate surface area is 142 Å². The molecule has 0 spiro atoms. The molecule has 130 valence electrons. The van der Waals surface area contributed by atoms with E-state index in [-0.39, 0.29) is 12.2 Å². The van der Waals surface area contributed by atoms with Crippen molar-refractivity contribution in [3.63, 3.8) is 0 Å². The van der Waals surface area contributed by atoms with Crippen LogP contribution in [0.25, 0.3) is 0 Å². The number of amides is 1. The Balaban J connectivity index is 1.28. The summed E-state index contributed by atoms with van der Waals surface area (Å²) in [6, 6.07) is 7.56. The molecule has 1 saturated carbocycles. The Morgan fingerprint density at radius 3 is 2.33 bits per heavy atom. The first kappa shape index (κ1) is 15.9. The molecule has 0 bridgehead atoms. The van der Waals surface area contributed by atoms with Gasteiger partial charge in [-0.05, 0) is 55.9 Å². The molecule has 0 unspecified atom stereocenters. The highest BCUT2D eigenvalue weighted by molar-refractivity contribution is 5.94. The molecule has 1 aromatic rings. The van der Waals surface area contributed by atoms with E-state index in [4.69, 9.17) is 14.2 Å². The van der Waals surface area contributed by atoms with Crippen LogP contribution in [0.5, 0.6) is 5.75 Å². The highest BCUT2D eigenvalue weighted by Crippen LogP contribution is 2.30. The van der Waals surface area contributed by atoms with Crippen LogP contribution in [0, 0.1) is 11.8 Å². The Morgan fingerprint density at radius 2 is 1.71 bits per heavy atom. The Hall–Kier alpha value is -1.59. The number of hydrogen-bond donors (Lipinski definition) is 0. The van der Waals surface area contributed by atoms with Crippen LogP contribution in [0.15, 0.2) is 24.3 Å². The van der Waals surface area contributed by atoms with Gasteiger partial charge in [-0.15, -0.1) is 0 Å². The molecule has 5 heteroatoms. The quantitative estimate of drug-likeness (QED) is 0.832. The van der Waals surface area contributed by atoms with Gasteiger partial charge in [-0.25, -0.2) is 0 Å². The molecule has 5 nitrogen and oxygen atoms in total. The molecule has 2 saturated heterocycles. The molecule has 4 rings (SSSR count). The van der Waals surface area contributed by atoms with Crippen molar-refractivity contribution in [1.29, 1.82) is 0 Å². The predicted octanol–water partition coefficient (Wildman–Crippen LogP) is 2.70. The topological polar surface area (TPSA) is 48.0 Å². The maximum Gasteiger partial charge on any atom is 0.253 e. The summed E-state index contributed by atoms with van der Waals surface area (Å²) in [6.07, 6.45) is 4.38. The predicted molar refractivity (Wildman–Crippen MR) is 89.0 cm³/mol. The minimum Gasteiger partial charge on any atom is -0.493 e. The zero-order chi connectivity index (χ0) is 16.4.